The molecule has 4 aromatic rings. The van der Waals surface area contributed by atoms with Crippen LogP contribution in [0.2, 0.25) is 0 Å². The van der Waals surface area contributed by atoms with E-state index in [2.05, 4.69) is 20.5 Å². The topological polar surface area (TPSA) is 92.5 Å². The summed E-state index contributed by atoms with van der Waals surface area (Å²) in [5.74, 6) is 1.63. The van der Waals surface area contributed by atoms with Gasteiger partial charge in [0.2, 0.25) is 0 Å². The van der Waals surface area contributed by atoms with Crippen LogP contribution in [0.25, 0.3) is 11.0 Å². The molecule has 4 rings (SSSR count). The summed E-state index contributed by atoms with van der Waals surface area (Å²) in [4.78, 5) is 19.7. The molecule has 2 N–H and O–H groups in total. The Bertz CT molecular complexity index is 1030. The number of aromatic amines is 1. The average molecular weight is 360 g/mol. The number of nitrogens with zero attached hydrogens (tertiary/aromatic N) is 2. The van der Waals surface area contributed by atoms with Gasteiger partial charge in [0.1, 0.15) is 23.9 Å². The van der Waals surface area contributed by atoms with E-state index in [0.29, 0.717) is 23.7 Å². The number of ether oxygens (including phenoxy) is 1. The number of carbonyl (C=O) groups excluding carboxylic acids is 1. The van der Waals surface area contributed by atoms with Crippen LogP contribution in [0, 0.1) is 0 Å². The first kappa shape index (κ1) is 16.6. The van der Waals surface area contributed by atoms with E-state index < -0.39 is 0 Å². The maximum Gasteiger partial charge on any atom is 0.271 e. The van der Waals surface area contributed by atoms with E-state index in [0.717, 1.165) is 16.9 Å². The molecule has 0 spiro atoms. The predicted octanol–water partition coefficient (Wildman–Crippen LogP) is 3.50. The maximum absolute atomic E-state index is 12.1. The third kappa shape index (κ3) is 4.04. The number of amides is 1. The van der Waals surface area contributed by atoms with Crippen LogP contribution < -0.4 is 10.2 Å². The van der Waals surface area contributed by atoms with E-state index in [9.17, 15) is 4.79 Å². The van der Waals surface area contributed by atoms with Gasteiger partial charge in [-0.2, -0.15) is 5.10 Å². The number of furan rings is 1. The van der Waals surface area contributed by atoms with E-state index in [1.54, 1.807) is 36.4 Å². The molecule has 2 aromatic heterocycles. The zero-order valence-electron chi connectivity index (χ0n) is 14.3. The number of fused-ring (bicyclic) bond motifs is 1. The fraction of sp³-hybridized carbons (Fsp3) is 0.0500. The van der Waals surface area contributed by atoms with E-state index in [4.69, 9.17) is 9.15 Å². The number of hydrazone groups is 1. The lowest BCUT2D eigenvalue weighted by atomic mass is 10.2. The van der Waals surface area contributed by atoms with Crippen molar-refractivity contribution in [3.8, 4) is 5.75 Å². The minimum atomic E-state index is -0.318. The molecule has 27 heavy (non-hydrogen) atoms. The Hall–Kier alpha value is -3.87. The van der Waals surface area contributed by atoms with Gasteiger partial charge >= 0.3 is 0 Å². The summed E-state index contributed by atoms with van der Waals surface area (Å²) in [6.45, 7) is 0.313. The van der Waals surface area contributed by atoms with Gasteiger partial charge in [-0.05, 0) is 48.5 Å². The first-order chi connectivity index (χ1) is 13.3. The van der Waals surface area contributed by atoms with Gasteiger partial charge in [-0.3, -0.25) is 4.79 Å². The highest BCUT2D eigenvalue weighted by atomic mass is 16.5. The molecule has 0 fully saturated rings. The molecule has 2 heterocycles. The summed E-state index contributed by atoms with van der Waals surface area (Å²) in [5.41, 5.74) is 4.79. The van der Waals surface area contributed by atoms with Crippen molar-refractivity contribution in [3.05, 3.63) is 84.1 Å². The van der Waals surface area contributed by atoms with Gasteiger partial charge in [0.25, 0.3) is 5.91 Å². The van der Waals surface area contributed by atoms with Gasteiger partial charge in [-0.15, -0.1) is 0 Å². The maximum atomic E-state index is 12.1. The van der Waals surface area contributed by atoms with Gasteiger partial charge in [-0.25, -0.2) is 10.4 Å². The number of carbonyl (C=O) groups is 1. The summed E-state index contributed by atoms with van der Waals surface area (Å²) < 4.78 is 10.8. The Kier molecular flexibility index (Phi) is 4.65. The number of hydrogen-bond acceptors (Lipinski definition) is 5. The van der Waals surface area contributed by atoms with Crippen molar-refractivity contribution >= 4 is 23.2 Å². The minimum Gasteiger partial charge on any atom is -0.486 e. The molecule has 0 unspecified atom stereocenters. The molecule has 7 nitrogen and oxygen atoms in total. The number of H-pyrrole nitrogens is 1. The fourth-order valence-corrected chi connectivity index (χ4v) is 2.51. The molecule has 0 bridgehead atoms. The van der Waals surface area contributed by atoms with E-state index in [-0.39, 0.29) is 5.91 Å². The highest BCUT2D eigenvalue weighted by Crippen LogP contribution is 2.15. The van der Waals surface area contributed by atoms with Crippen molar-refractivity contribution in [2.45, 2.75) is 6.61 Å². The fourth-order valence-electron chi connectivity index (χ4n) is 2.51. The van der Waals surface area contributed by atoms with Crippen LogP contribution in [-0.2, 0) is 6.61 Å². The Labute approximate surface area is 154 Å². The molecular formula is C20H16N4O3. The predicted molar refractivity (Wildman–Crippen MR) is 101 cm³/mol. The third-order valence-electron chi connectivity index (χ3n) is 3.83. The van der Waals surface area contributed by atoms with Crippen molar-refractivity contribution < 1.29 is 13.9 Å². The van der Waals surface area contributed by atoms with E-state index in [1.165, 1.54) is 12.5 Å². The number of hydrogen-bond donors (Lipinski definition) is 2. The molecule has 0 radical (unpaired) electrons. The number of para-hydroxylation sites is 2. The highest BCUT2D eigenvalue weighted by Gasteiger charge is 2.06. The smallest absolute Gasteiger partial charge is 0.271 e. The first-order valence-electron chi connectivity index (χ1n) is 8.31. The number of nitrogens with one attached hydrogen (secondary N) is 2. The van der Waals surface area contributed by atoms with Crippen molar-refractivity contribution in [2.75, 3.05) is 0 Å². The molecule has 0 saturated heterocycles. The molecule has 134 valence electrons. The Morgan fingerprint density at radius 3 is 2.78 bits per heavy atom. The second kappa shape index (κ2) is 7.57. The van der Waals surface area contributed by atoms with Crippen molar-refractivity contribution in [1.29, 1.82) is 0 Å². The number of benzene rings is 2. The quantitative estimate of drug-likeness (QED) is 0.407. The molecule has 0 aliphatic heterocycles. The molecule has 7 heteroatoms. The summed E-state index contributed by atoms with van der Waals surface area (Å²) in [5, 5.41) is 3.85. The zero-order valence-corrected chi connectivity index (χ0v) is 14.3. The van der Waals surface area contributed by atoms with Crippen LogP contribution in [0.1, 0.15) is 21.9 Å². The molecular weight excluding hydrogens is 344 g/mol. The van der Waals surface area contributed by atoms with E-state index in [1.807, 2.05) is 24.3 Å². The highest BCUT2D eigenvalue weighted by molar-refractivity contribution is 5.94. The van der Waals surface area contributed by atoms with Crippen LogP contribution in [-0.4, -0.2) is 22.1 Å². The summed E-state index contributed by atoms with van der Waals surface area (Å²) in [7, 11) is 0. The first-order valence-corrected chi connectivity index (χ1v) is 8.31. The van der Waals surface area contributed by atoms with Gasteiger partial charge in [0.05, 0.1) is 23.5 Å². The van der Waals surface area contributed by atoms with Crippen molar-refractivity contribution in [3.63, 3.8) is 0 Å². The van der Waals surface area contributed by atoms with Gasteiger partial charge in [0.15, 0.2) is 0 Å². The molecule has 0 saturated carbocycles. The molecule has 1 amide bonds. The van der Waals surface area contributed by atoms with Crippen LogP contribution in [0.5, 0.6) is 5.75 Å². The third-order valence-corrected chi connectivity index (χ3v) is 3.83. The normalized spacial score (nSPS) is 11.1. The second-order valence-corrected chi connectivity index (χ2v) is 5.73. The molecule has 0 aliphatic rings. The largest absolute Gasteiger partial charge is 0.486 e. The molecule has 2 aromatic carbocycles. The Morgan fingerprint density at radius 2 is 2.00 bits per heavy atom. The number of imidazole rings is 1. The lowest BCUT2D eigenvalue weighted by molar-refractivity contribution is 0.0955. The summed E-state index contributed by atoms with van der Waals surface area (Å²) in [6.07, 6.45) is 2.97. The SMILES string of the molecule is O=C(NN=Cc1ccco1)c1ccc(OCc2nc3ccccc3[nH]2)cc1. The van der Waals surface area contributed by atoms with Gasteiger partial charge in [0, 0.05) is 5.56 Å². The second-order valence-electron chi connectivity index (χ2n) is 5.73. The standard InChI is InChI=1S/C20H16N4O3/c25-20(24-21-12-16-4-3-11-26-16)14-7-9-15(10-8-14)27-13-19-22-17-5-1-2-6-18(17)23-19/h1-12H,13H2,(H,22,23)(H,24,25). The van der Waals surface area contributed by atoms with Crippen molar-refractivity contribution in [1.82, 2.24) is 15.4 Å². The van der Waals surface area contributed by atoms with E-state index >= 15 is 0 Å². The van der Waals surface area contributed by atoms with Gasteiger partial charge < -0.3 is 14.1 Å². The average Bonchev–Trinajstić information content (AvgIpc) is 3.36. The zero-order chi connectivity index (χ0) is 18.5. The lowest BCUT2D eigenvalue weighted by Gasteiger charge is -2.05. The van der Waals surface area contributed by atoms with Crippen LogP contribution in [0.15, 0.2) is 76.4 Å². The number of rotatable bonds is 6. The number of aromatic nitrogens is 2. The monoisotopic (exact) mass is 360 g/mol. The lowest BCUT2D eigenvalue weighted by Crippen LogP contribution is -2.17. The summed E-state index contributed by atoms with van der Waals surface area (Å²) in [6, 6.07) is 18.1. The van der Waals surface area contributed by atoms with Crippen LogP contribution in [0.4, 0.5) is 0 Å². The Balaban J connectivity index is 1.33. The molecule has 0 aliphatic carbocycles. The van der Waals surface area contributed by atoms with Gasteiger partial charge in [-0.1, -0.05) is 12.1 Å². The van der Waals surface area contributed by atoms with Crippen LogP contribution >= 0.6 is 0 Å². The van der Waals surface area contributed by atoms with Crippen molar-refractivity contribution in [2.24, 2.45) is 5.10 Å². The summed E-state index contributed by atoms with van der Waals surface area (Å²) >= 11 is 0. The van der Waals surface area contributed by atoms with Crippen LogP contribution in [0.3, 0.4) is 0 Å². The minimum absolute atomic E-state index is 0.313. The Morgan fingerprint density at radius 1 is 1.15 bits per heavy atom. The molecule has 0 atom stereocenters.